The van der Waals surface area contributed by atoms with Crippen molar-refractivity contribution in [2.75, 3.05) is 26.2 Å². The van der Waals surface area contributed by atoms with Crippen LogP contribution in [0.5, 0.6) is 0 Å². The lowest BCUT2D eigenvalue weighted by molar-refractivity contribution is -0.194. The molecule has 3 aliphatic heterocycles. The van der Waals surface area contributed by atoms with E-state index in [2.05, 4.69) is 41.6 Å². The molecule has 146 valence electrons. The molecular weight excluding hydrogens is 336 g/mol. The van der Waals surface area contributed by atoms with Crippen LogP contribution in [0.15, 0.2) is 23.3 Å². The number of piperidine rings is 1. The summed E-state index contributed by atoms with van der Waals surface area (Å²) in [6, 6.07) is 0.566. The molecule has 1 aliphatic carbocycles. The number of fused-ring (bicyclic) bond motifs is 2. The number of unbranched alkanes of at least 4 members (excludes halogenated alkanes) is 2. The first kappa shape index (κ1) is 18.8. The van der Waals surface area contributed by atoms with Crippen molar-refractivity contribution in [3.63, 3.8) is 0 Å². The van der Waals surface area contributed by atoms with Crippen LogP contribution >= 0.6 is 0 Å². The molecule has 3 atom stereocenters. The molecule has 3 heterocycles. The zero-order valence-electron chi connectivity index (χ0n) is 16.8. The summed E-state index contributed by atoms with van der Waals surface area (Å²) in [7, 11) is 0. The van der Waals surface area contributed by atoms with E-state index in [1.54, 1.807) is 6.08 Å². The van der Waals surface area contributed by atoms with Gasteiger partial charge in [-0.1, -0.05) is 45.0 Å². The molecule has 27 heavy (non-hydrogen) atoms. The molecule has 0 aromatic rings. The van der Waals surface area contributed by atoms with Crippen molar-refractivity contribution < 1.29 is 9.53 Å². The molecule has 0 bridgehead atoms. The van der Waals surface area contributed by atoms with Gasteiger partial charge < -0.3 is 4.74 Å². The summed E-state index contributed by atoms with van der Waals surface area (Å²) in [5.41, 5.74) is 1.68. The summed E-state index contributed by atoms with van der Waals surface area (Å²) in [6.45, 7) is 8.64. The number of hydrogen-bond acceptors (Lipinski definition) is 4. The maximum atomic E-state index is 12.1. The lowest BCUT2D eigenvalue weighted by Gasteiger charge is -2.60. The van der Waals surface area contributed by atoms with Gasteiger partial charge in [0.1, 0.15) is 0 Å². The molecule has 0 saturated carbocycles. The molecule has 4 nitrogen and oxygen atoms in total. The van der Waals surface area contributed by atoms with E-state index in [4.69, 9.17) is 4.74 Å². The lowest BCUT2D eigenvalue weighted by atomic mass is 9.70. The highest BCUT2D eigenvalue weighted by atomic mass is 16.6. The van der Waals surface area contributed by atoms with Crippen LogP contribution in [-0.2, 0) is 9.53 Å². The van der Waals surface area contributed by atoms with Crippen molar-refractivity contribution in [2.24, 2.45) is 0 Å². The van der Waals surface area contributed by atoms with E-state index in [-0.39, 0.29) is 12.0 Å². The zero-order valence-corrected chi connectivity index (χ0v) is 16.8. The number of carbonyl (C=O) groups is 1. The van der Waals surface area contributed by atoms with E-state index in [9.17, 15) is 4.79 Å². The molecule has 4 heteroatoms. The number of nitrogens with zero attached hydrogens (tertiary/aromatic N) is 2. The van der Waals surface area contributed by atoms with Crippen LogP contribution < -0.4 is 0 Å². The van der Waals surface area contributed by atoms with Crippen molar-refractivity contribution in [3.05, 3.63) is 23.3 Å². The largest absolute Gasteiger partial charge is 0.447 e. The van der Waals surface area contributed by atoms with E-state index >= 15 is 0 Å². The molecule has 0 amide bonds. The third kappa shape index (κ3) is 3.15. The normalized spacial score (nSPS) is 31.1. The second-order valence-electron chi connectivity index (χ2n) is 8.33. The van der Waals surface area contributed by atoms with Crippen LogP contribution in [0.1, 0.15) is 58.8 Å². The van der Waals surface area contributed by atoms with Crippen molar-refractivity contribution >= 4 is 5.97 Å². The highest BCUT2D eigenvalue weighted by Crippen LogP contribution is 2.57. The number of carbonyl (C=O) groups excluding carboxylic acids is 1. The zero-order chi connectivity index (χ0) is 18.9. The first-order chi connectivity index (χ1) is 13.2. The molecule has 2 fully saturated rings. The first-order valence-electron chi connectivity index (χ1n) is 10.8. The molecule has 0 N–H and O–H groups in total. The quantitative estimate of drug-likeness (QED) is 0.510. The average Bonchev–Trinajstić information content (AvgIpc) is 3.15. The Balaban J connectivity index is 1.48. The summed E-state index contributed by atoms with van der Waals surface area (Å²) >= 11 is 0. The average molecular weight is 369 g/mol. The fourth-order valence-electron chi connectivity index (χ4n) is 5.20. The predicted molar refractivity (Wildman–Crippen MR) is 107 cm³/mol. The van der Waals surface area contributed by atoms with E-state index < -0.39 is 5.60 Å². The van der Waals surface area contributed by atoms with Crippen molar-refractivity contribution in [3.8, 4) is 11.8 Å². The second kappa shape index (κ2) is 7.81. The molecule has 1 unspecified atom stereocenters. The van der Waals surface area contributed by atoms with Crippen LogP contribution in [0.4, 0.5) is 0 Å². The molecule has 0 aromatic carbocycles. The summed E-state index contributed by atoms with van der Waals surface area (Å²) in [5.74, 6) is 6.63. The van der Waals surface area contributed by atoms with Gasteiger partial charge in [0.2, 0.25) is 0 Å². The molecule has 0 radical (unpaired) electrons. The Bertz CT molecular complexity index is 706. The minimum atomic E-state index is -0.411. The second-order valence-corrected chi connectivity index (χ2v) is 8.33. The standard InChI is InChI=1S/C23H32N2O2/c1-3-5-12-24(13-6-4-2)14-9-10-18-16-21-23(19(18)17-22(26)27-23)20-11-7-8-15-25(20)21/h16-17,20-21H,3-8,11-15H2,1-2H3/t20-,21-,23?/m1/s1. The minimum Gasteiger partial charge on any atom is -0.447 e. The van der Waals surface area contributed by atoms with Crippen LogP contribution in [0.25, 0.3) is 0 Å². The number of hydrogen-bond donors (Lipinski definition) is 0. The van der Waals surface area contributed by atoms with Gasteiger partial charge >= 0.3 is 5.97 Å². The summed E-state index contributed by atoms with van der Waals surface area (Å²) in [5, 5.41) is 0. The molecule has 1 spiro atoms. The smallest absolute Gasteiger partial charge is 0.332 e. The lowest BCUT2D eigenvalue weighted by Crippen LogP contribution is -2.76. The number of ether oxygens (including phenoxy) is 1. The SMILES string of the molecule is CCCCN(CC#CC1=C[C@H]2N3CCCC[C@@H]3C23OC(=O)C=C13)CCCC. The van der Waals surface area contributed by atoms with Gasteiger partial charge in [-0.3, -0.25) is 9.80 Å². The van der Waals surface area contributed by atoms with Gasteiger partial charge in [-0.05, 0) is 51.4 Å². The van der Waals surface area contributed by atoms with Gasteiger partial charge in [0.05, 0.1) is 18.6 Å². The monoisotopic (exact) mass is 368 g/mol. The van der Waals surface area contributed by atoms with Gasteiger partial charge in [-0.25, -0.2) is 4.79 Å². The third-order valence-electron chi connectivity index (χ3n) is 6.58. The maximum absolute atomic E-state index is 12.1. The van der Waals surface area contributed by atoms with Gasteiger partial charge in [-0.2, -0.15) is 0 Å². The minimum absolute atomic E-state index is 0.180. The molecular formula is C23H32N2O2. The van der Waals surface area contributed by atoms with Crippen molar-refractivity contribution in [1.29, 1.82) is 0 Å². The Labute approximate surface area is 163 Å². The van der Waals surface area contributed by atoms with Crippen LogP contribution in [0, 0.1) is 11.8 Å². The molecule has 2 saturated heterocycles. The van der Waals surface area contributed by atoms with Crippen molar-refractivity contribution in [1.82, 2.24) is 9.80 Å². The van der Waals surface area contributed by atoms with Gasteiger partial charge in [-0.15, -0.1) is 0 Å². The molecule has 4 aliphatic rings. The molecule has 0 aromatic heterocycles. The van der Waals surface area contributed by atoms with E-state index in [1.165, 1.54) is 38.5 Å². The Hall–Kier alpha value is -1.57. The number of esters is 1. The maximum Gasteiger partial charge on any atom is 0.332 e. The topological polar surface area (TPSA) is 32.8 Å². The van der Waals surface area contributed by atoms with E-state index in [1.807, 2.05) is 0 Å². The van der Waals surface area contributed by atoms with Gasteiger partial charge in [0.15, 0.2) is 5.60 Å². The number of rotatable bonds is 7. The summed E-state index contributed by atoms with van der Waals surface area (Å²) in [4.78, 5) is 17.1. The van der Waals surface area contributed by atoms with Crippen LogP contribution in [-0.4, -0.2) is 59.6 Å². The van der Waals surface area contributed by atoms with Gasteiger partial charge in [0, 0.05) is 17.2 Å². The highest BCUT2D eigenvalue weighted by molar-refractivity contribution is 5.91. The fraction of sp³-hybridized carbons (Fsp3) is 0.696. The van der Waals surface area contributed by atoms with E-state index in [0.717, 1.165) is 43.7 Å². The predicted octanol–water partition coefficient (Wildman–Crippen LogP) is 3.29. The van der Waals surface area contributed by atoms with Crippen LogP contribution in [0.2, 0.25) is 0 Å². The summed E-state index contributed by atoms with van der Waals surface area (Å²) < 4.78 is 5.90. The van der Waals surface area contributed by atoms with Crippen LogP contribution in [0.3, 0.4) is 0 Å². The van der Waals surface area contributed by atoms with Crippen molar-refractivity contribution in [2.45, 2.75) is 76.5 Å². The third-order valence-corrected chi connectivity index (χ3v) is 6.58. The Morgan fingerprint density at radius 1 is 1.26 bits per heavy atom. The fourth-order valence-corrected chi connectivity index (χ4v) is 5.20. The Kier molecular flexibility index (Phi) is 5.43. The molecule has 4 rings (SSSR count). The Morgan fingerprint density at radius 2 is 2.04 bits per heavy atom. The Morgan fingerprint density at radius 3 is 2.78 bits per heavy atom. The first-order valence-corrected chi connectivity index (χ1v) is 10.8. The van der Waals surface area contributed by atoms with E-state index in [0.29, 0.717) is 6.04 Å². The summed E-state index contributed by atoms with van der Waals surface area (Å²) in [6.07, 6.45) is 12.4. The highest BCUT2D eigenvalue weighted by Gasteiger charge is 2.69. The van der Waals surface area contributed by atoms with Gasteiger partial charge in [0.25, 0.3) is 0 Å².